The van der Waals surface area contributed by atoms with E-state index < -0.39 is 11.8 Å². The fraction of sp³-hybridized carbons (Fsp3) is 0.263. The normalized spacial score (nSPS) is 10.2. The predicted molar refractivity (Wildman–Crippen MR) is 95.4 cm³/mol. The van der Waals surface area contributed by atoms with Crippen molar-refractivity contribution in [3.8, 4) is 5.75 Å². The van der Waals surface area contributed by atoms with Crippen LogP contribution >= 0.6 is 0 Å². The number of nitrogens with zero attached hydrogens (tertiary/aromatic N) is 1. The van der Waals surface area contributed by atoms with Gasteiger partial charge in [0.05, 0.1) is 12.3 Å². The number of carbonyl (C=O) groups is 2. The zero-order valence-electron chi connectivity index (χ0n) is 14.4. The van der Waals surface area contributed by atoms with E-state index in [0.717, 1.165) is 5.56 Å². The molecule has 0 aliphatic carbocycles. The van der Waals surface area contributed by atoms with Gasteiger partial charge in [-0.15, -0.1) is 0 Å². The van der Waals surface area contributed by atoms with E-state index in [-0.39, 0.29) is 0 Å². The minimum atomic E-state index is -0.707. The van der Waals surface area contributed by atoms with Crippen molar-refractivity contribution in [3.05, 3.63) is 60.2 Å². The second kappa shape index (κ2) is 9.44. The molecule has 0 bridgehead atoms. The third-order valence-electron chi connectivity index (χ3n) is 3.48. The Hall–Kier alpha value is -2.86. The van der Waals surface area contributed by atoms with Gasteiger partial charge in [-0.25, -0.2) is 0 Å². The summed E-state index contributed by atoms with van der Waals surface area (Å²) in [5.74, 6) is -0.830. The molecule has 0 spiro atoms. The summed E-state index contributed by atoms with van der Waals surface area (Å²) in [7, 11) is 3.17. The largest absolute Gasteiger partial charge is 0.489 e. The molecule has 2 aromatic carbocycles. The molecule has 0 aromatic heterocycles. The third kappa shape index (κ3) is 5.61. The fourth-order valence-electron chi connectivity index (χ4n) is 2.21. The summed E-state index contributed by atoms with van der Waals surface area (Å²) < 4.78 is 10.5. The first-order chi connectivity index (χ1) is 12.1. The average Bonchev–Trinajstić information content (AvgIpc) is 2.63. The van der Waals surface area contributed by atoms with E-state index in [9.17, 15) is 9.59 Å². The van der Waals surface area contributed by atoms with Gasteiger partial charge >= 0.3 is 11.8 Å². The summed E-state index contributed by atoms with van der Waals surface area (Å²) in [5.41, 5.74) is 1.40. The third-order valence-corrected chi connectivity index (χ3v) is 3.48. The summed E-state index contributed by atoms with van der Waals surface area (Å²) >= 11 is 0. The first-order valence-corrected chi connectivity index (χ1v) is 7.93. The highest BCUT2D eigenvalue weighted by Gasteiger charge is 2.20. The maximum Gasteiger partial charge on any atom is 0.314 e. The molecule has 2 aromatic rings. The van der Waals surface area contributed by atoms with Crippen molar-refractivity contribution in [2.75, 3.05) is 32.7 Å². The van der Waals surface area contributed by atoms with Crippen molar-refractivity contribution >= 4 is 17.5 Å². The topological polar surface area (TPSA) is 67.9 Å². The van der Waals surface area contributed by atoms with Gasteiger partial charge in [-0.05, 0) is 17.7 Å². The number of nitrogens with one attached hydrogen (secondary N) is 1. The molecule has 0 aliphatic rings. The molecule has 0 unspecified atom stereocenters. The van der Waals surface area contributed by atoms with E-state index in [1.807, 2.05) is 30.3 Å². The molecule has 0 saturated heterocycles. The van der Waals surface area contributed by atoms with Crippen LogP contribution in [0.5, 0.6) is 5.75 Å². The van der Waals surface area contributed by atoms with Crippen LogP contribution in [-0.2, 0) is 20.9 Å². The molecule has 6 heteroatoms. The molecule has 0 aliphatic heterocycles. The lowest BCUT2D eigenvalue weighted by molar-refractivity contribution is -0.142. The summed E-state index contributed by atoms with van der Waals surface area (Å²) in [6.07, 6.45) is 0. The number of hydrogen-bond donors (Lipinski definition) is 1. The van der Waals surface area contributed by atoms with Crippen molar-refractivity contribution < 1.29 is 19.1 Å². The maximum atomic E-state index is 12.3. The molecule has 6 nitrogen and oxygen atoms in total. The molecule has 25 heavy (non-hydrogen) atoms. The van der Waals surface area contributed by atoms with E-state index in [4.69, 9.17) is 9.47 Å². The Morgan fingerprint density at radius 1 is 1.00 bits per heavy atom. The summed E-state index contributed by atoms with van der Waals surface area (Å²) in [5, 5.41) is 2.61. The average molecular weight is 342 g/mol. The lowest BCUT2D eigenvalue weighted by Gasteiger charge is -2.17. The minimum Gasteiger partial charge on any atom is -0.489 e. The van der Waals surface area contributed by atoms with E-state index in [1.54, 1.807) is 38.4 Å². The van der Waals surface area contributed by atoms with Crippen LogP contribution in [0.25, 0.3) is 0 Å². The van der Waals surface area contributed by atoms with Crippen LogP contribution in [0.4, 0.5) is 5.69 Å². The molecule has 2 amide bonds. The highest BCUT2D eigenvalue weighted by atomic mass is 16.5. The summed E-state index contributed by atoms with van der Waals surface area (Å²) in [6, 6.07) is 16.5. The molecule has 132 valence electrons. The molecule has 0 saturated carbocycles. The number of rotatable bonds is 7. The number of para-hydroxylation sites is 2. The number of hydrogen-bond acceptors (Lipinski definition) is 4. The molecule has 0 heterocycles. The number of anilines is 1. The number of amides is 2. The van der Waals surface area contributed by atoms with Crippen molar-refractivity contribution in [1.82, 2.24) is 4.90 Å². The Bertz CT molecular complexity index is 704. The smallest absolute Gasteiger partial charge is 0.314 e. The zero-order chi connectivity index (χ0) is 18.1. The monoisotopic (exact) mass is 342 g/mol. The number of ether oxygens (including phenoxy) is 2. The van der Waals surface area contributed by atoms with Crippen molar-refractivity contribution in [1.29, 1.82) is 0 Å². The molecule has 0 fully saturated rings. The predicted octanol–water partition coefficient (Wildman–Crippen LogP) is 2.31. The van der Waals surface area contributed by atoms with Crippen LogP contribution in [0, 0.1) is 0 Å². The number of methoxy groups -OCH3 is 1. The molecule has 2 rings (SSSR count). The van der Waals surface area contributed by atoms with Crippen molar-refractivity contribution in [3.63, 3.8) is 0 Å². The van der Waals surface area contributed by atoms with Gasteiger partial charge in [0, 0.05) is 20.7 Å². The van der Waals surface area contributed by atoms with E-state index >= 15 is 0 Å². The lowest BCUT2D eigenvalue weighted by Crippen LogP contribution is -2.36. The highest BCUT2D eigenvalue weighted by molar-refractivity contribution is 6.39. The Kier molecular flexibility index (Phi) is 6.98. The van der Waals surface area contributed by atoms with Gasteiger partial charge in [0.1, 0.15) is 12.4 Å². The van der Waals surface area contributed by atoms with Crippen LogP contribution in [0.15, 0.2) is 54.6 Å². The van der Waals surface area contributed by atoms with Gasteiger partial charge in [0.25, 0.3) is 0 Å². The van der Waals surface area contributed by atoms with Gasteiger partial charge < -0.3 is 19.7 Å². The summed E-state index contributed by atoms with van der Waals surface area (Å²) in [4.78, 5) is 25.9. The number of likely N-dealkylation sites (N-methyl/N-ethyl adjacent to an activating group) is 1. The van der Waals surface area contributed by atoms with Crippen LogP contribution in [0.3, 0.4) is 0 Å². The second-order valence-electron chi connectivity index (χ2n) is 5.44. The van der Waals surface area contributed by atoms with Gasteiger partial charge in [0.2, 0.25) is 0 Å². The Morgan fingerprint density at radius 3 is 2.40 bits per heavy atom. The van der Waals surface area contributed by atoms with Crippen molar-refractivity contribution in [2.45, 2.75) is 6.54 Å². The van der Waals surface area contributed by atoms with Crippen LogP contribution in [0.1, 0.15) is 5.56 Å². The Labute approximate surface area is 147 Å². The quantitative estimate of drug-likeness (QED) is 0.619. The lowest BCUT2D eigenvalue weighted by atomic mass is 10.2. The van der Waals surface area contributed by atoms with Crippen molar-refractivity contribution in [2.24, 2.45) is 0 Å². The fourth-order valence-corrected chi connectivity index (χ4v) is 2.21. The van der Waals surface area contributed by atoms with Crippen LogP contribution < -0.4 is 10.1 Å². The SMILES string of the molecule is COCCOc1ccccc1NC(=O)C(=O)N(C)Cc1ccccc1. The first-order valence-electron chi connectivity index (χ1n) is 7.93. The molecule has 1 N–H and O–H groups in total. The molecule has 0 atom stereocenters. The summed E-state index contributed by atoms with van der Waals surface area (Å²) in [6.45, 7) is 1.14. The van der Waals surface area contributed by atoms with Gasteiger partial charge in [0.15, 0.2) is 0 Å². The maximum absolute atomic E-state index is 12.3. The Morgan fingerprint density at radius 2 is 1.68 bits per heavy atom. The standard InChI is InChI=1S/C19H22N2O4/c1-21(14-15-8-4-3-5-9-15)19(23)18(22)20-16-10-6-7-11-17(16)25-13-12-24-2/h3-11H,12-14H2,1-2H3,(H,20,22). The molecular weight excluding hydrogens is 320 g/mol. The van der Waals surface area contributed by atoms with E-state index in [1.165, 1.54) is 4.90 Å². The number of carbonyl (C=O) groups excluding carboxylic acids is 2. The molecular formula is C19H22N2O4. The first kappa shape index (κ1) is 18.5. The van der Waals surface area contributed by atoms with Gasteiger partial charge in [-0.1, -0.05) is 42.5 Å². The molecule has 0 radical (unpaired) electrons. The second-order valence-corrected chi connectivity index (χ2v) is 5.44. The van der Waals surface area contributed by atoms with Gasteiger partial charge in [-0.2, -0.15) is 0 Å². The van der Waals surface area contributed by atoms with E-state index in [0.29, 0.717) is 31.2 Å². The number of benzene rings is 2. The van der Waals surface area contributed by atoms with Crippen LogP contribution in [-0.4, -0.2) is 44.1 Å². The van der Waals surface area contributed by atoms with Gasteiger partial charge in [-0.3, -0.25) is 9.59 Å². The minimum absolute atomic E-state index is 0.352. The Balaban J connectivity index is 1.97. The van der Waals surface area contributed by atoms with Crippen LogP contribution in [0.2, 0.25) is 0 Å². The zero-order valence-corrected chi connectivity index (χ0v) is 14.4. The highest BCUT2D eigenvalue weighted by Crippen LogP contribution is 2.23. The van der Waals surface area contributed by atoms with E-state index in [2.05, 4.69) is 5.32 Å².